The quantitative estimate of drug-likeness (QED) is 0.900. The van der Waals surface area contributed by atoms with E-state index in [1.165, 1.54) is 0 Å². The minimum absolute atomic E-state index is 0.116. The van der Waals surface area contributed by atoms with Crippen molar-refractivity contribution >= 4 is 21.4 Å². The summed E-state index contributed by atoms with van der Waals surface area (Å²) in [4.78, 5) is 16.7. The largest absolute Gasteiger partial charge is 0.319 e. The monoisotopic (exact) mass is 360 g/mol. The Kier molecular flexibility index (Phi) is 4.07. The highest BCUT2D eigenvalue weighted by molar-refractivity contribution is 7.91. The van der Waals surface area contributed by atoms with Crippen LogP contribution < -0.4 is 5.32 Å². The number of hydrogen-bond donors (Lipinski definition) is 1. The van der Waals surface area contributed by atoms with Gasteiger partial charge < -0.3 is 5.32 Å². The molecule has 4 rings (SSSR count). The summed E-state index contributed by atoms with van der Waals surface area (Å²) in [5.41, 5.74) is 3.04. The van der Waals surface area contributed by atoms with Crippen LogP contribution in [0.1, 0.15) is 47.1 Å². The molecule has 2 aromatic rings. The van der Waals surface area contributed by atoms with Gasteiger partial charge >= 0.3 is 0 Å². The highest BCUT2D eigenvalue weighted by atomic mass is 32.2. The summed E-state index contributed by atoms with van der Waals surface area (Å²) in [6, 6.07) is 3.38. The van der Waals surface area contributed by atoms with Crippen LogP contribution in [0.25, 0.3) is 0 Å². The van der Waals surface area contributed by atoms with Crippen LogP contribution in [0.5, 0.6) is 0 Å². The average Bonchev–Trinajstić information content (AvgIpc) is 3.16. The number of sulfone groups is 1. The van der Waals surface area contributed by atoms with Crippen LogP contribution in [0.3, 0.4) is 0 Å². The summed E-state index contributed by atoms with van der Waals surface area (Å²) in [5.74, 6) is 0.0552. The van der Waals surface area contributed by atoms with Crippen molar-refractivity contribution in [2.75, 3.05) is 16.8 Å². The smallest absolute Gasteiger partial charge is 0.276 e. The fourth-order valence-electron chi connectivity index (χ4n) is 3.71. The maximum absolute atomic E-state index is 12.7. The van der Waals surface area contributed by atoms with Gasteiger partial charge in [-0.25, -0.2) is 8.42 Å². The van der Waals surface area contributed by atoms with Crippen LogP contribution in [-0.2, 0) is 22.7 Å². The molecule has 3 heterocycles. The van der Waals surface area contributed by atoms with Gasteiger partial charge in [0.1, 0.15) is 0 Å². The minimum atomic E-state index is -3.00. The van der Waals surface area contributed by atoms with Gasteiger partial charge in [0.25, 0.3) is 5.91 Å². The summed E-state index contributed by atoms with van der Waals surface area (Å²) in [7, 11) is -3.00. The molecule has 132 valence electrons. The van der Waals surface area contributed by atoms with Crippen molar-refractivity contribution in [2.45, 2.75) is 38.1 Å². The van der Waals surface area contributed by atoms with Crippen LogP contribution in [0.2, 0.25) is 0 Å². The average molecular weight is 360 g/mol. The molecule has 7 nitrogen and oxygen atoms in total. The molecular weight excluding hydrogens is 340 g/mol. The standard InChI is InChI=1S/C17H20N4O3S/c22-17(19-12-4-3-8-18-10-12)16-14-5-1-2-6-15(14)21(20-16)13-7-9-25(23,24)11-13/h3-4,8,10,13H,1-2,5-7,9,11H2,(H,19,22)/t13-/m0/s1. The van der Waals surface area contributed by atoms with Crippen LogP contribution >= 0.6 is 0 Å². The Morgan fingerprint density at radius 2 is 2.12 bits per heavy atom. The van der Waals surface area contributed by atoms with Gasteiger partial charge in [0.15, 0.2) is 15.5 Å². The Morgan fingerprint density at radius 3 is 2.84 bits per heavy atom. The molecule has 8 heteroatoms. The SMILES string of the molecule is O=C(Nc1cccnc1)c1nn([C@H]2CCS(=O)(=O)C2)c2c1CCCC2. The lowest BCUT2D eigenvalue weighted by Gasteiger charge is -2.17. The van der Waals surface area contributed by atoms with E-state index < -0.39 is 9.84 Å². The highest BCUT2D eigenvalue weighted by Crippen LogP contribution is 2.31. The second kappa shape index (κ2) is 6.25. The van der Waals surface area contributed by atoms with Gasteiger partial charge in [0.2, 0.25) is 0 Å². The number of pyridine rings is 1. The molecular formula is C17H20N4O3S. The van der Waals surface area contributed by atoms with E-state index >= 15 is 0 Å². The number of amides is 1. The number of aromatic nitrogens is 3. The summed E-state index contributed by atoms with van der Waals surface area (Å²) in [6.07, 6.45) is 7.53. The molecule has 0 unspecified atom stereocenters. The summed E-state index contributed by atoms with van der Waals surface area (Å²) in [6.45, 7) is 0. The first-order valence-electron chi connectivity index (χ1n) is 8.55. The fourth-order valence-corrected chi connectivity index (χ4v) is 5.40. The number of carbonyl (C=O) groups is 1. The zero-order valence-electron chi connectivity index (χ0n) is 13.8. The van der Waals surface area contributed by atoms with Gasteiger partial charge in [0, 0.05) is 17.5 Å². The molecule has 0 radical (unpaired) electrons. The fraction of sp³-hybridized carbons (Fsp3) is 0.471. The lowest BCUT2D eigenvalue weighted by molar-refractivity contribution is 0.102. The Hall–Kier alpha value is -2.22. The van der Waals surface area contributed by atoms with E-state index in [9.17, 15) is 13.2 Å². The highest BCUT2D eigenvalue weighted by Gasteiger charge is 2.34. The molecule has 2 aliphatic rings. The Labute approximate surface area is 146 Å². The van der Waals surface area contributed by atoms with Crippen LogP contribution in [0.15, 0.2) is 24.5 Å². The molecule has 1 saturated heterocycles. The van der Waals surface area contributed by atoms with Gasteiger partial charge in [-0.3, -0.25) is 14.5 Å². The maximum Gasteiger partial charge on any atom is 0.276 e. The van der Waals surface area contributed by atoms with Crippen molar-refractivity contribution < 1.29 is 13.2 Å². The third-order valence-corrected chi connectivity index (χ3v) is 6.65. The summed E-state index contributed by atoms with van der Waals surface area (Å²) in [5, 5.41) is 7.39. The predicted octanol–water partition coefficient (Wildman–Crippen LogP) is 1.77. The number of nitrogens with one attached hydrogen (secondary N) is 1. The van der Waals surface area contributed by atoms with E-state index in [2.05, 4.69) is 15.4 Å². The molecule has 0 spiro atoms. The molecule has 1 aliphatic heterocycles. The lowest BCUT2D eigenvalue weighted by atomic mass is 9.95. The normalized spacial score (nSPS) is 21.7. The summed E-state index contributed by atoms with van der Waals surface area (Å²) < 4.78 is 25.5. The number of hydrogen-bond acceptors (Lipinski definition) is 5. The first-order chi connectivity index (χ1) is 12.0. The molecule has 0 aromatic carbocycles. The number of carbonyl (C=O) groups excluding carboxylic acids is 1. The van der Waals surface area contributed by atoms with Crippen LogP contribution in [-0.4, -0.2) is 40.6 Å². The molecule has 0 bridgehead atoms. The minimum Gasteiger partial charge on any atom is -0.319 e. The van der Waals surface area contributed by atoms with Crippen molar-refractivity contribution in [1.82, 2.24) is 14.8 Å². The first-order valence-corrected chi connectivity index (χ1v) is 10.4. The molecule has 1 N–H and O–H groups in total. The van der Waals surface area contributed by atoms with E-state index in [0.717, 1.165) is 36.9 Å². The Balaban J connectivity index is 1.67. The van der Waals surface area contributed by atoms with Crippen molar-refractivity contribution in [1.29, 1.82) is 0 Å². The number of anilines is 1. The van der Waals surface area contributed by atoms with Gasteiger partial charge in [-0.1, -0.05) is 0 Å². The van der Waals surface area contributed by atoms with E-state index in [4.69, 9.17) is 0 Å². The predicted molar refractivity (Wildman–Crippen MR) is 93.4 cm³/mol. The topological polar surface area (TPSA) is 93.9 Å². The molecule has 0 saturated carbocycles. The third kappa shape index (κ3) is 3.18. The van der Waals surface area contributed by atoms with Crippen LogP contribution in [0, 0.1) is 0 Å². The molecule has 2 aromatic heterocycles. The van der Waals surface area contributed by atoms with Crippen molar-refractivity contribution in [3.05, 3.63) is 41.5 Å². The number of fused-ring (bicyclic) bond motifs is 1. The van der Waals surface area contributed by atoms with E-state index in [1.807, 2.05) is 4.68 Å². The second-order valence-electron chi connectivity index (χ2n) is 6.68. The van der Waals surface area contributed by atoms with Crippen molar-refractivity contribution in [2.24, 2.45) is 0 Å². The Bertz CT molecular complexity index is 905. The molecule has 1 fully saturated rings. The summed E-state index contributed by atoms with van der Waals surface area (Å²) >= 11 is 0. The van der Waals surface area contributed by atoms with E-state index in [-0.39, 0.29) is 23.5 Å². The Morgan fingerprint density at radius 1 is 1.28 bits per heavy atom. The van der Waals surface area contributed by atoms with Crippen LogP contribution in [0.4, 0.5) is 5.69 Å². The zero-order valence-corrected chi connectivity index (χ0v) is 14.6. The first kappa shape index (κ1) is 16.3. The zero-order chi connectivity index (χ0) is 17.4. The lowest BCUT2D eigenvalue weighted by Crippen LogP contribution is -2.17. The van der Waals surface area contributed by atoms with E-state index in [0.29, 0.717) is 17.8 Å². The second-order valence-corrected chi connectivity index (χ2v) is 8.91. The van der Waals surface area contributed by atoms with Crippen molar-refractivity contribution in [3.8, 4) is 0 Å². The number of nitrogens with zero attached hydrogens (tertiary/aromatic N) is 3. The van der Waals surface area contributed by atoms with Gasteiger partial charge in [-0.2, -0.15) is 5.10 Å². The van der Waals surface area contributed by atoms with Crippen molar-refractivity contribution in [3.63, 3.8) is 0 Å². The molecule has 25 heavy (non-hydrogen) atoms. The molecule has 1 aliphatic carbocycles. The molecule has 1 amide bonds. The van der Waals surface area contributed by atoms with Gasteiger partial charge in [-0.05, 0) is 44.2 Å². The van der Waals surface area contributed by atoms with Gasteiger partial charge in [0.05, 0.1) is 29.4 Å². The van der Waals surface area contributed by atoms with E-state index in [1.54, 1.807) is 24.5 Å². The van der Waals surface area contributed by atoms with Gasteiger partial charge in [-0.15, -0.1) is 0 Å². The maximum atomic E-state index is 12.7. The number of rotatable bonds is 3. The molecule has 1 atom stereocenters. The third-order valence-electron chi connectivity index (χ3n) is 4.90.